The molecule has 0 spiro atoms. The van der Waals surface area contributed by atoms with Crippen molar-refractivity contribution in [3.8, 4) is 34.9 Å². The summed E-state index contributed by atoms with van der Waals surface area (Å²) in [5.41, 5.74) is 9.19. The Morgan fingerprint density at radius 1 is 0.744 bits per heavy atom. The van der Waals surface area contributed by atoms with Crippen LogP contribution in [0, 0.1) is 48.3 Å². The summed E-state index contributed by atoms with van der Waals surface area (Å²) in [6, 6.07) is 19.2. The van der Waals surface area contributed by atoms with Gasteiger partial charge in [-0.15, -0.1) is 22.6 Å². The molecule has 0 radical (unpaired) electrons. The molecule has 82 heavy (non-hydrogen) atoms. The van der Waals surface area contributed by atoms with Gasteiger partial charge in [-0.05, 0) is 120 Å². The summed E-state index contributed by atoms with van der Waals surface area (Å²) >= 11 is 0. The summed E-state index contributed by atoms with van der Waals surface area (Å²) in [6.45, 7) is 9.37. The van der Waals surface area contributed by atoms with E-state index >= 15 is 0 Å². The fourth-order valence-electron chi connectivity index (χ4n) is 8.76. The van der Waals surface area contributed by atoms with E-state index in [1.165, 1.54) is 52.5 Å². The van der Waals surface area contributed by atoms with Crippen molar-refractivity contribution >= 4 is 52.6 Å². The van der Waals surface area contributed by atoms with Gasteiger partial charge in [-0.1, -0.05) is 5.10 Å². The summed E-state index contributed by atoms with van der Waals surface area (Å²) in [6.07, 6.45) is 6.08. The fraction of sp³-hybridized carbons (Fsp3) is 0.407. The number of aryl methyl sites for hydroxylation is 2. The van der Waals surface area contributed by atoms with Crippen LogP contribution in [0.3, 0.4) is 0 Å². The molecular formula is C54H63ClF2N18O7. The molecule has 2 atom stereocenters. The second-order valence-electron chi connectivity index (χ2n) is 20.9. The van der Waals surface area contributed by atoms with Crippen molar-refractivity contribution < 1.29 is 37.4 Å². The van der Waals surface area contributed by atoms with Crippen LogP contribution in [0.2, 0.25) is 0 Å². The second kappa shape index (κ2) is 26.1. The van der Waals surface area contributed by atoms with Crippen LogP contribution in [0.15, 0.2) is 86.9 Å². The summed E-state index contributed by atoms with van der Waals surface area (Å²) in [4.78, 5) is 44.9. The van der Waals surface area contributed by atoms with Gasteiger partial charge >= 0.3 is 11.8 Å². The molecule has 432 valence electrons. The third-order valence-electron chi connectivity index (χ3n) is 13.6. The van der Waals surface area contributed by atoms with Gasteiger partial charge in [0.1, 0.15) is 24.5 Å². The number of aliphatic hydroxyl groups is 2. The van der Waals surface area contributed by atoms with E-state index in [1.54, 1.807) is 47.1 Å². The zero-order chi connectivity index (χ0) is 58.2. The number of amides is 2. The maximum atomic E-state index is 14.3. The average Bonchev–Trinajstić information content (AvgIpc) is 4.36. The van der Waals surface area contributed by atoms with E-state index in [-0.39, 0.29) is 48.7 Å². The van der Waals surface area contributed by atoms with Crippen LogP contribution >= 0.6 is 12.4 Å². The molecule has 10 N–H and O–H groups in total. The monoisotopic (exact) mass is 1150 g/mol. The molecule has 8 heterocycles. The Balaban J connectivity index is 0.000000210. The minimum Gasteiger partial charge on any atom is -0.408 e. The van der Waals surface area contributed by atoms with Gasteiger partial charge in [-0.2, -0.15) is 20.7 Å². The van der Waals surface area contributed by atoms with Gasteiger partial charge in [0.2, 0.25) is 11.8 Å². The van der Waals surface area contributed by atoms with Crippen LogP contribution < -0.4 is 38.1 Å². The lowest BCUT2D eigenvalue weighted by Gasteiger charge is -2.36. The number of carbonyl (C=O) groups excluding carboxylic acids is 2. The Kier molecular flexibility index (Phi) is 19.4. The van der Waals surface area contributed by atoms with Crippen molar-refractivity contribution in [2.24, 2.45) is 17.6 Å². The topological polar surface area (TPSA) is 367 Å². The summed E-state index contributed by atoms with van der Waals surface area (Å²) in [5, 5.41) is 75.0. The number of aromatic nitrogens is 10. The highest BCUT2D eigenvalue weighted by Crippen LogP contribution is 2.35. The number of fused-ring (bicyclic) bond motifs is 2. The number of hydrogen-bond acceptors (Lipinski definition) is 20. The lowest BCUT2D eigenvalue weighted by Crippen LogP contribution is -2.42. The van der Waals surface area contributed by atoms with Crippen molar-refractivity contribution in [3.63, 3.8) is 0 Å². The predicted octanol–water partition coefficient (Wildman–Crippen LogP) is 5.45. The number of nitrogens with zero attached hydrogens (tertiary/aromatic N) is 11. The van der Waals surface area contributed by atoms with Gasteiger partial charge in [0.05, 0.1) is 104 Å². The molecule has 2 amide bonds. The first-order chi connectivity index (χ1) is 38.6. The van der Waals surface area contributed by atoms with Gasteiger partial charge in [-0.25, -0.2) is 27.7 Å². The van der Waals surface area contributed by atoms with Gasteiger partial charge < -0.3 is 51.4 Å². The maximum absolute atomic E-state index is 14.3. The first-order valence-corrected chi connectivity index (χ1v) is 25.9. The molecule has 8 aromatic rings. The number of aromatic amines is 1. The van der Waals surface area contributed by atoms with Crippen molar-refractivity contribution in [2.45, 2.75) is 103 Å². The number of hydrogen-bond donors (Lipinski definition) is 9. The Labute approximate surface area is 474 Å². The van der Waals surface area contributed by atoms with Crippen LogP contribution in [0.5, 0.6) is 0 Å². The highest BCUT2D eigenvalue weighted by molar-refractivity contribution is 6.00. The first kappa shape index (κ1) is 60.7. The molecule has 2 aliphatic carbocycles. The molecule has 0 unspecified atom stereocenters. The Bertz CT molecular complexity index is 3650. The predicted molar refractivity (Wildman–Crippen MR) is 299 cm³/mol. The third kappa shape index (κ3) is 15.1. The summed E-state index contributed by atoms with van der Waals surface area (Å²) in [7, 11) is 0. The maximum Gasteiger partial charge on any atom is 0.434 e. The number of nitrogens with two attached hydrogens (primary N) is 1. The minimum atomic E-state index is -1.64. The number of alkyl halides is 2. The SMILES string of the molecule is CC(C)(O)[C@H](F)CNC(=O)c1cnc(-c2ccc3cc(C#N)cnn23)cc1NC1CC(CN)C1.Cc1n[nH]c(=O)o1.Cc1nnc(NCC2CC(Nc3cc(-c4ccc5cc(C#N)cnn45)ncc3C(=O)NC[C@@H](F)C(C)(C)O)C2)o1.Cl. The smallest absolute Gasteiger partial charge is 0.408 e. The number of H-pyrrole nitrogens is 1. The largest absolute Gasteiger partial charge is 0.434 e. The third-order valence-corrected chi connectivity index (χ3v) is 13.6. The number of carbonyl (C=O) groups is 2. The second-order valence-corrected chi connectivity index (χ2v) is 20.9. The van der Waals surface area contributed by atoms with Gasteiger partial charge in [0.15, 0.2) is 0 Å². The van der Waals surface area contributed by atoms with Crippen molar-refractivity contribution in [1.82, 2.24) is 60.2 Å². The number of pyridine rings is 2. The fourth-order valence-corrected chi connectivity index (χ4v) is 8.76. The van der Waals surface area contributed by atoms with E-state index in [0.717, 1.165) is 36.7 Å². The number of halogens is 3. The molecule has 0 aromatic carbocycles. The molecule has 10 rings (SSSR count). The molecule has 2 saturated carbocycles. The van der Waals surface area contributed by atoms with Crippen LogP contribution in [0.25, 0.3) is 33.8 Å². The Morgan fingerprint density at radius 2 is 1.22 bits per heavy atom. The van der Waals surface area contributed by atoms with E-state index in [9.17, 15) is 38.6 Å². The van der Waals surface area contributed by atoms with Gasteiger partial charge in [-0.3, -0.25) is 19.6 Å². The molecule has 2 aliphatic rings. The van der Waals surface area contributed by atoms with E-state index in [1.807, 2.05) is 24.3 Å². The highest BCUT2D eigenvalue weighted by atomic mass is 35.5. The Morgan fingerprint density at radius 3 is 1.60 bits per heavy atom. The molecule has 0 saturated heterocycles. The van der Waals surface area contributed by atoms with Gasteiger partial charge in [0, 0.05) is 44.9 Å². The number of anilines is 3. The zero-order valence-electron chi connectivity index (χ0n) is 45.6. The van der Waals surface area contributed by atoms with E-state index < -0.39 is 41.1 Å². The van der Waals surface area contributed by atoms with Crippen molar-refractivity contribution in [3.05, 3.63) is 118 Å². The quantitative estimate of drug-likeness (QED) is 0.0515. The Hall–Kier alpha value is -8.89. The van der Waals surface area contributed by atoms with E-state index in [0.29, 0.717) is 88.0 Å². The molecule has 28 heteroatoms. The highest BCUT2D eigenvalue weighted by Gasteiger charge is 2.33. The molecule has 0 bridgehead atoms. The standard InChI is InChI=1S/C27H30FN9O3.C24H28FN7O2.C3H4N2O2.ClH/c1-15-35-36-26(40-15)32-11-16-6-18(7-16)34-21-9-22(23-5-4-19-8-17(10-29)12-33-37(19)23)30-13-20(21)25(38)31-14-24(28)27(2,3)39;1-24(2,34)22(25)13-29-23(33)18-12-28-20(8-19(18)31-16-5-14(6-16)9-26)21-4-3-17-7-15(10-27)11-30-32(17)21;1-2-4-5-3(6)7-2;/h4-5,8-9,12-13,16,18,24,39H,6-7,11,14H2,1-3H3,(H,30,34)(H,31,38)(H,32,36);3-4,7-8,11-12,14,16,22,34H,5-6,9,13,26H2,1-2H3,(H,28,31)(H,29,33);1H3,(H,5,6);1H/t16?,18?,24-;14?,16?,22-;;/m11../s1. The normalized spacial score (nSPS) is 17.1. The number of nitriles is 2. The van der Waals surface area contributed by atoms with Crippen molar-refractivity contribution in [2.75, 3.05) is 42.1 Å². The van der Waals surface area contributed by atoms with Crippen LogP contribution in [-0.4, -0.2) is 133 Å². The molecule has 25 nitrogen and oxygen atoms in total. The number of rotatable bonds is 18. The molecular weight excluding hydrogens is 1090 g/mol. The lowest BCUT2D eigenvalue weighted by atomic mass is 9.80. The van der Waals surface area contributed by atoms with E-state index in [4.69, 9.17) is 15.4 Å². The van der Waals surface area contributed by atoms with Crippen LogP contribution in [0.4, 0.5) is 26.2 Å². The molecule has 8 aromatic heterocycles. The molecule has 2 fully saturated rings. The average molecular weight is 1150 g/mol. The number of nitrogens with one attached hydrogen (secondary N) is 6. The summed E-state index contributed by atoms with van der Waals surface area (Å²) < 4.78 is 41.5. The van der Waals surface area contributed by atoms with Crippen LogP contribution in [-0.2, 0) is 0 Å². The lowest BCUT2D eigenvalue weighted by molar-refractivity contribution is -0.00209. The van der Waals surface area contributed by atoms with Crippen molar-refractivity contribution in [1.29, 1.82) is 10.5 Å². The molecule has 0 aliphatic heterocycles. The first-order valence-electron chi connectivity index (χ1n) is 25.9. The minimum absolute atomic E-state index is 0. The van der Waals surface area contributed by atoms with Crippen LogP contribution in [0.1, 0.15) is 97.0 Å². The summed E-state index contributed by atoms with van der Waals surface area (Å²) in [5.74, 6) is 0.184. The van der Waals surface area contributed by atoms with E-state index in [2.05, 4.69) is 83.7 Å². The zero-order valence-corrected chi connectivity index (χ0v) is 46.5. The van der Waals surface area contributed by atoms with Gasteiger partial charge in [0.25, 0.3) is 11.8 Å².